The maximum atomic E-state index is 12.8. The first kappa shape index (κ1) is 14.0. The van der Waals surface area contributed by atoms with Gasteiger partial charge in [-0.2, -0.15) is 0 Å². The van der Waals surface area contributed by atoms with E-state index in [4.69, 9.17) is 10.5 Å². The van der Waals surface area contributed by atoms with Crippen molar-refractivity contribution in [1.29, 1.82) is 0 Å². The number of hydrogen-bond donors (Lipinski definition) is 1. The van der Waals surface area contributed by atoms with Gasteiger partial charge in [-0.3, -0.25) is 4.79 Å². The third-order valence-corrected chi connectivity index (χ3v) is 3.25. The van der Waals surface area contributed by atoms with Crippen LogP contribution in [0.3, 0.4) is 0 Å². The molecule has 1 aliphatic rings. The number of ether oxygens (including phenoxy) is 1. The molecule has 1 aromatic rings. The fraction of sp³-hybridized carbons (Fsp3) is 0.500. The molecule has 1 atom stereocenters. The van der Waals surface area contributed by atoms with Crippen molar-refractivity contribution in [2.24, 2.45) is 5.73 Å². The largest absolute Gasteiger partial charge is 0.374 e. The molecule has 0 bridgehead atoms. The number of carbonyl (C=O) groups excluding carboxylic acids is 1. The SMILES string of the molecule is NCCC1CN(C(=O)Cc2ccc(F)cc2)CCO1. The van der Waals surface area contributed by atoms with E-state index < -0.39 is 0 Å². The molecule has 0 aromatic heterocycles. The molecule has 4 nitrogen and oxygen atoms in total. The van der Waals surface area contributed by atoms with Crippen molar-refractivity contribution in [3.8, 4) is 0 Å². The van der Waals surface area contributed by atoms with Crippen LogP contribution in [0.4, 0.5) is 4.39 Å². The van der Waals surface area contributed by atoms with Gasteiger partial charge in [0.1, 0.15) is 5.82 Å². The minimum atomic E-state index is -0.286. The third kappa shape index (κ3) is 4.01. The van der Waals surface area contributed by atoms with E-state index in [1.54, 1.807) is 17.0 Å². The second-order valence-electron chi connectivity index (χ2n) is 4.71. The molecule has 19 heavy (non-hydrogen) atoms. The first-order valence-electron chi connectivity index (χ1n) is 6.53. The number of rotatable bonds is 4. The maximum absolute atomic E-state index is 12.8. The van der Waals surface area contributed by atoms with Gasteiger partial charge < -0.3 is 15.4 Å². The van der Waals surface area contributed by atoms with Gasteiger partial charge in [0.05, 0.1) is 19.1 Å². The van der Waals surface area contributed by atoms with Crippen LogP contribution in [0, 0.1) is 5.82 Å². The molecule has 1 aromatic carbocycles. The maximum Gasteiger partial charge on any atom is 0.227 e. The van der Waals surface area contributed by atoms with Crippen LogP contribution in [0.15, 0.2) is 24.3 Å². The van der Waals surface area contributed by atoms with Crippen molar-refractivity contribution in [3.63, 3.8) is 0 Å². The lowest BCUT2D eigenvalue weighted by Gasteiger charge is -2.33. The van der Waals surface area contributed by atoms with Crippen molar-refractivity contribution in [1.82, 2.24) is 4.90 Å². The first-order valence-corrected chi connectivity index (χ1v) is 6.53. The number of morpholine rings is 1. The molecular formula is C14H19FN2O2. The Labute approximate surface area is 112 Å². The zero-order chi connectivity index (χ0) is 13.7. The van der Waals surface area contributed by atoms with E-state index in [1.807, 2.05) is 0 Å². The van der Waals surface area contributed by atoms with Gasteiger partial charge in [0.25, 0.3) is 0 Å². The number of hydrogen-bond acceptors (Lipinski definition) is 3. The lowest BCUT2D eigenvalue weighted by atomic mass is 10.1. The highest BCUT2D eigenvalue weighted by molar-refractivity contribution is 5.78. The van der Waals surface area contributed by atoms with Gasteiger partial charge in [-0.15, -0.1) is 0 Å². The lowest BCUT2D eigenvalue weighted by molar-refractivity contribution is -0.138. The standard InChI is InChI=1S/C14H19FN2O2/c15-12-3-1-11(2-4-12)9-14(18)17-7-8-19-13(10-17)5-6-16/h1-4,13H,5-10,16H2. The minimum absolute atomic E-state index is 0.0379. The summed E-state index contributed by atoms with van der Waals surface area (Å²) in [6, 6.07) is 6.04. The van der Waals surface area contributed by atoms with Crippen LogP contribution >= 0.6 is 0 Å². The second kappa shape index (κ2) is 6.63. The smallest absolute Gasteiger partial charge is 0.227 e. The van der Waals surface area contributed by atoms with Crippen LogP contribution in [-0.4, -0.2) is 43.2 Å². The van der Waals surface area contributed by atoms with Crippen LogP contribution in [0.25, 0.3) is 0 Å². The van der Waals surface area contributed by atoms with E-state index in [-0.39, 0.29) is 17.8 Å². The number of halogens is 1. The van der Waals surface area contributed by atoms with Crippen LogP contribution < -0.4 is 5.73 Å². The zero-order valence-corrected chi connectivity index (χ0v) is 10.8. The Balaban J connectivity index is 1.90. The van der Waals surface area contributed by atoms with E-state index in [1.165, 1.54) is 12.1 Å². The number of amides is 1. The van der Waals surface area contributed by atoms with Crippen molar-refractivity contribution in [2.45, 2.75) is 18.9 Å². The highest BCUT2D eigenvalue weighted by Crippen LogP contribution is 2.11. The quantitative estimate of drug-likeness (QED) is 0.882. The highest BCUT2D eigenvalue weighted by Gasteiger charge is 2.23. The van der Waals surface area contributed by atoms with Gasteiger partial charge >= 0.3 is 0 Å². The van der Waals surface area contributed by atoms with Gasteiger partial charge in [0.2, 0.25) is 5.91 Å². The van der Waals surface area contributed by atoms with Crippen molar-refractivity contribution >= 4 is 5.91 Å². The summed E-state index contributed by atoms with van der Waals surface area (Å²) in [6.07, 6.45) is 1.10. The number of benzene rings is 1. The third-order valence-electron chi connectivity index (χ3n) is 3.25. The Morgan fingerprint density at radius 2 is 2.16 bits per heavy atom. The molecule has 0 spiro atoms. The number of nitrogens with two attached hydrogens (primary N) is 1. The van der Waals surface area contributed by atoms with E-state index >= 15 is 0 Å². The fourth-order valence-corrected chi connectivity index (χ4v) is 2.20. The molecule has 2 N–H and O–H groups in total. The molecule has 1 unspecified atom stereocenters. The Kier molecular flexibility index (Phi) is 4.87. The Bertz CT molecular complexity index is 420. The summed E-state index contributed by atoms with van der Waals surface area (Å²) in [6.45, 7) is 2.32. The molecule has 1 fully saturated rings. The lowest BCUT2D eigenvalue weighted by Crippen LogP contribution is -2.46. The molecule has 0 radical (unpaired) electrons. The minimum Gasteiger partial charge on any atom is -0.374 e. The highest BCUT2D eigenvalue weighted by atomic mass is 19.1. The second-order valence-corrected chi connectivity index (χ2v) is 4.71. The molecular weight excluding hydrogens is 247 g/mol. The van der Waals surface area contributed by atoms with Gasteiger partial charge in [0.15, 0.2) is 0 Å². The molecule has 0 aliphatic carbocycles. The summed E-state index contributed by atoms with van der Waals surface area (Å²) in [7, 11) is 0. The van der Waals surface area contributed by atoms with E-state index in [0.29, 0.717) is 32.7 Å². The summed E-state index contributed by atoms with van der Waals surface area (Å²) in [5.74, 6) is -0.234. The summed E-state index contributed by atoms with van der Waals surface area (Å²) in [5, 5.41) is 0. The van der Waals surface area contributed by atoms with Gasteiger partial charge in [-0.1, -0.05) is 12.1 Å². The molecule has 1 saturated heterocycles. The predicted octanol–water partition coefficient (Wildman–Crippen LogP) is 0.944. The average Bonchev–Trinajstić information content (AvgIpc) is 2.42. The normalized spacial score (nSPS) is 19.5. The molecule has 104 valence electrons. The summed E-state index contributed by atoms with van der Waals surface area (Å²) in [5.41, 5.74) is 6.33. The van der Waals surface area contributed by atoms with Crippen molar-refractivity contribution in [2.75, 3.05) is 26.2 Å². The van der Waals surface area contributed by atoms with E-state index in [0.717, 1.165) is 12.0 Å². The topological polar surface area (TPSA) is 55.6 Å². The van der Waals surface area contributed by atoms with Crippen LogP contribution in [-0.2, 0) is 16.0 Å². The van der Waals surface area contributed by atoms with Crippen LogP contribution in [0.2, 0.25) is 0 Å². The number of nitrogens with zero attached hydrogens (tertiary/aromatic N) is 1. The van der Waals surface area contributed by atoms with Crippen LogP contribution in [0.5, 0.6) is 0 Å². The summed E-state index contributed by atoms with van der Waals surface area (Å²) in [4.78, 5) is 13.9. The molecule has 1 heterocycles. The Morgan fingerprint density at radius 3 is 2.84 bits per heavy atom. The Morgan fingerprint density at radius 1 is 1.42 bits per heavy atom. The van der Waals surface area contributed by atoms with Crippen molar-refractivity contribution in [3.05, 3.63) is 35.6 Å². The number of carbonyl (C=O) groups is 1. The van der Waals surface area contributed by atoms with Gasteiger partial charge in [-0.25, -0.2) is 4.39 Å². The first-order chi connectivity index (χ1) is 9.19. The molecule has 5 heteroatoms. The van der Waals surface area contributed by atoms with E-state index in [9.17, 15) is 9.18 Å². The van der Waals surface area contributed by atoms with Gasteiger partial charge in [0, 0.05) is 13.1 Å². The summed E-state index contributed by atoms with van der Waals surface area (Å²) < 4.78 is 18.3. The van der Waals surface area contributed by atoms with Crippen LogP contribution in [0.1, 0.15) is 12.0 Å². The molecule has 1 amide bonds. The molecule has 2 rings (SSSR count). The van der Waals surface area contributed by atoms with E-state index in [2.05, 4.69) is 0 Å². The molecule has 1 aliphatic heterocycles. The zero-order valence-electron chi connectivity index (χ0n) is 10.8. The average molecular weight is 266 g/mol. The monoisotopic (exact) mass is 266 g/mol. The summed E-state index contributed by atoms with van der Waals surface area (Å²) >= 11 is 0. The molecule has 0 saturated carbocycles. The van der Waals surface area contributed by atoms with Crippen molar-refractivity contribution < 1.29 is 13.9 Å². The Hall–Kier alpha value is -1.46. The van der Waals surface area contributed by atoms with Gasteiger partial charge in [-0.05, 0) is 30.7 Å². The predicted molar refractivity (Wildman–Crippen MR) is 70.1 cm³/mol. The fourth-order valence-electron chi connectivity index (χ4n) is 2.20.